The third-order valence-corrected chi connectivity index (χ3v) is 7.04. The molecule has 3 aromatic rings. The van der Waals surface area contributed by atoms with E-state index >= 15 is 0 Å². The van der Waals surface area contributed by atoms with E-state index in [9.17, 15) is 18.4 Å². The molecule has 1 aromatic heterocycles. The number of fused-ring (bicyclic) bond motifs is 1. The minimum absolute atomic E-state index is 0.0672. The summed E-state index contributed by atoms with van der Waals surface area (Å²) in [7, 11) is 4.49. The molecule has 0 aliphatic carbocycles. The number of aliphatic imine (C=N–C) groups is 1. The number of anilines is 2. The van der Waals surface area contributed by atoms with Crippen LogP contribution in [-0.4, -0.2) is 71.1 Å². The molecule has 4 rings (SSSR count). The smallest absolute Gasteiger partial charge is 0.329 e. The lowest BCUT2D eigenvalue weighted by Crippen LogP contribution is -2.26. The van der Waals surface area contributed by atoms with Gasteiger partial charge in [-0.25, -0.2) is 4.98 Å². The quantitative estimate of drug-likeness (QED) is 0.128. The van der Waals surface area contributed by atoms with Gasteiger partial charge in [0.25, 0.3) is 5.91 Å². The van der Waals surface area contributed by atoms with Gasteiger partial charge in [-0.05, 0) is 43.8 Å². The van der Waals surface area contributed by atoms with E-state index in [-0.39, 0.29) is 30.3 Å². The molecule has 0 spiro atoms. The Balaban J connectivity index is 0.00000177. The van der Waals surface area contributed by atoms with E-state index in [1.54, 1.807) is 24.4 Å². The Morgan fingerprint density at radius 3 is 2.59 bits per heavy atom. The van der Waals surface area contributed by atoms with Crippen LogP contribution in [0.2, 0.25) is 0 Å². The number of nitrogens with two attached hydrogens (primary N) is 2. The molecule has 46 heavy (non-hydrogen) atoms. The number of hydrogen-bond acceptors (Lipinski definition) is 10. The number of aldehydes is 1. The van der Waals surface area contributed by atoms with E-state index in [0.717, 1.165) is 12.0 Å². The van der Waals surface area contributed by atoms with Crippen molar-refractivity contribution in [3.63, 3.8) is 0 Å². The summed E-state index contributed by atoms with van der Waals surface area (Å²) in [5, 5.41) is 5.62. The van der Waals surface area contributed by atoms with Crippen LogP contribution in [0.4, 0.5) is 20.2 Å². The molecule has 1 aliphatic rings. The second-order valence-corrected chi connectivity index (χ2v) is 10.1. The summed E-state index contributed by atoms with van der Waals surface area (Å²) in [6.45, 7) is 7.35. The molecule has 0 radical (unpaired) electrons. The highest BCUT2D eigenvalue weighted by Crippen LogP contribution is 2.43. The fraction of sp³-hybridized carbons (Fsp3) is 0.364. The summed E-state index contributed by atoms with van der Waals surface area (Å²) in [5.41, 5.74) is 14.1. The zero-order valence-electron chi connectivity index (χ0n) is 26.8. The fourth-order valence-corrected chi connectivity index (χ4v) is 4.75. The number of nitrogens with one attached hydrogen (secondary N) is 2. The number of alkyl halides is 2. The molecular weight excluding hydrogens is 598 g/mol. The van der Waals surface area contributed by atoms with Crippen molar-refractivity contribution in [1.82, 2.24) is 10.3 Å². The van der Waals surface area contributed by atoms with E-state index < -0.39 is 11.5 Å². The van der Waals surface area contributed by atoms with Gasteiger partial charge in [0.15, 0.2) is 6.29 Å². The number of carbonyl (C=O) groups is 3. The monoisotopic (exact) mass is 640 g/mol. The van der Waals surface area contributed by atoms with Crippen molar-refractivity contribution < 1.29 is 32.6 Å². The summed E-state index contributed by atoms with van der Waals surface area (Å²) in [6.07, 6.45) is 2.52. The zero-order chi connectivity index (χ0) is 34.4. The van der Waals surface area contributed by atoms with Crippen LogP contribution >= 0.6 is 0 Å². The highest BCUT2D eigenvalue weighted by molar-refractivity contribution is 5.99. The van der Waals surface area contributed by atoms with Crippen molar-refractivity contribution in [2.45, 2.75) is 38.5 Å². The molecule has 0 bridgehead atoms. The zero-order valence-corrected chi connectivity index (χ0v) is 26.8. The molecule has 1 aliphatic heterocycles. The van der Waals surface area contributed by atoms with Gasteiger partial charge >= 0.3 is 5.92 Å². The predicted octanol–water partition coefficient (Wildman–Crippen LogP) is 4.36. The van der Waals surface area contributed by atoms with Crippen LogP contribution in [0, 0.1) is 0 Å². The van der Waals surface area contributed by atoms with Crippen molar-refractivity contribution in [1.29, 1.82) is 0 Å². The normalized spacial score (nSPS) is 13.3. The lowest BCUT2D eigenvalue weighted by Gasteiger charge is -2.17. The molecule has 1 amide bonds. The molecule has 13 heteroatoms. The van der Waals surface area contributed by atoms with Crippen LogP contribution in [-0.2, 0) is 21.9 Å². The number of rotatable bonds is 12. The van der Waals surface area contributed by atoms with E-state index in [1.165, 1.54) is 33.3 Å². The number of amides is 1. The maximum absolute atomic E-state index is 14.5. The van der Waals surface area contributed by atoms with E-state index in [2.05, 4.69) is 21.4 Å². The van der Waals surface area contributed by atoms with E-state index in [0.29, 0.717) is 64.8 Å². The SMILES string of the molecule is C=O.CCCN=Cc1cc(C(=O)NCCc2cc3c(c(-c4ccc(NC)c(C(F)(F)C=O)c4)n2)OCC3C)cc(OC)c1N.CN. The molecule has 0 fully saturated rings. The molecule has 0 saturated carbocycles. The number of aromatic nitrogens is 1. The first-order chi connectivity index (χ1) is 22.1. The third-order valence-electron chi connectivity index (χ3n) is 7.04. The van der Waals surface area contributed by atoms with Gasteiger partial charge in [0.05, 0.1) is 25.0 Å². The predicted molar refractivity (Wildman–Crippen MR) is 177 cm³/mol. The lowest BCUT2D eigenvalue weighted by atomic mass is 9.97. The summed E-state index contributed by atoms with van der Waals surface area (Å²) in [6, 6.07) is 9.57. The van der Waals surface area contributed by atoms with Crippen LogP contribution in [0.15, 0.2) is 41.4 Å². The number of halogens is 2. The van der Waals surface area contributed by atoms with E-state index in [4.69, 9.17) is 25.0 Å². The van der Waals surface area contributed by atoms with Gasteiger partial charge in [-0.2, -0.15) is 8.78 Å². The second kappa shape index (κ2) is 17.5. The Morgan fingerprint density at radius 2 is 1.96 bits per heavy atom. The van der Waals surface area contributed by atoms with Crippen LogP contribution in [0.5, 0.6) is 11.5 Å². The number of nitrogens with zero attached hydrogens (tertiary/aromatic N) is 2. The first kappa shape index (κ1) is 37.3. The lowest BCUT2D eigenvalue weighted by molar-refractivity contribution is -0.130. The molecule has 1 atom stereocenters. The largest absolute Gasteiger partial charge is 0.495 e. The summed E-state index contributed by atoms with van der Waals surface area (Å²) >= 11 is 0. The van der Waals surface area contributed by atoms with Crippen LogP contribution in [0.1, 0.15) is 58.9 Å². The van der Waals surface area contributed by atoms with Gasteiger partial charge in [0.2, 0.25) is 0 Å². The van der Waals surface area contributed by atoms with Crippen LogP contribution < -0.4 is 31.6 Å². The molecule has 6 N–H and O–H groups in total. The van der Waals surface area contributed by atoms with Gasteiger partial charge in [0.1, 0.15) is 24.0 Å². The number of nitrogen functional groups attached to an aromatic ring is 1. The van der Waals surface area contributed by atoms with Crippen LogP contribution in [0.3, 0.4) is 0 Å². The molecule has 11 nitrogen and oxygen atoms in total. The van der Waals surface area contributed by atoms with E-state index in [1.807, 2.05) is 26.7 Å². The molecule has 248 valence electrons. The Kier molecular flexibility index (Phi) is 14.2. The molecule has 2 aromatic carbocycles. The highest BCUT2D eigenvalue weighted by atomic mass is 19.3. The number of benzene rings is 2. The minimum atomic E-state index is -3.68. The maximum atomic E-state index is 14.5. The van der Waals surface area contributed by atoms with Gasteiger partial charge in [-0.1, -0.05) is 19.9 Å². The van der Waals surface area contributed by atoms with Crippen molar-refractivity contribution in [3.8, 4) is 22.8 Å². The van der Waals surface area contributed by atoms with Crippen molar-refractivity contribution in [3.05, 3.63) is 64.3 Å². The van der Waals surface area contributed by atoms with Gasteiger partial charge in [0, 0.05) is 72.3 Å². The summed E-state index contributed by atoms with van der Waals surface area (Å²) in [4.78, 5) is 41.3. The first-order valence-corrected chi connectivity index (χ1v) is 14.6. The molecule has 1 unspecified atom stereocenters. The Hall–Kier alpha value is -4.91. The van der Waals surface area contributed by atoms with Gasteiger partial charge < -0.3 is 36.4 Å². The average Bonchev–Trinajstić information content (AvgIpc) is 3.46. The number of carbonyl (C=O) groups excluding carboxylic acids is 3. The standard InChI is InChI=1S/C31H35F2N5O4.CH5N.CH2O/c1-5-9-36-15-21-11-20(13-26(41-4)27(21)34)30(40)37-10-8-22-14-23-18(2)16-42-29(23)28(38-22)19-6-7-25(35-3)24(12-19)31(32,33)17-39;2*1-2/h6-7,11-15,17-18,35H,5,8-10,16,34H2,1-4H3,(H,37,40);2H2,1H3;1H2. The first-order valence-electron chi connectivity index (χ1n) is 14.6. The summed E-state index contributed by atoms with van der Waals surface area (Å²) in [5.74, 6) is -3.03. The Morgan fingerprint density at radius 1 is 1.24 bits per heavy atom. The molecular formula is C33H42F2N6O5. The Labute approximate surface area is 267 Å². The fourth-order valence-electron chi connectivity index (χ4n) is 4.75. The number of pyridine rings is 1. The van der Waals surface area contributed by atoms with Crippen molar-refractivity contribution >= 4 is 36.6 Å². The van der Waals surface area contributed by atoms with Gasteiger partial charge in [-0.15, -0.1) is 0 Å². The van der Waals surface area contributed by atoms with Crippen molar-refractivity contribution in [2.75, 3.05) is 52.0 Å². The number of methoxy groups -OCH3 is 1. The maximum Gasteiger partial charge on any atom is 0.329 e. The minimum Gasteiger partial charge on any atom is -0.495 e. The summed E-state index contributed by atoms with van der Waals surface area (Å²) < 4.78 is 40.2. The molecule has 0 saturated heterocycles. The topological polar surface area (TPSA) is 171 Å². The second-order valence-electron chi connectivity index (χ2n) is 10.1. The van der Waals surface area contributed by atoms with Gasteiger partial charge in [-0.3, -0.25) is 14.6 Å². The Bertz CT molecular complexity index is 1530. The number of ether oxygens (including phenoxy) is 2. The third kappa shape index (κ3) is 8.62. The molecule has 2 heterocycles. The average molecular weight is 641 g/mol. The highest BCUT2D eigenvalue weighted by Gasteiger charge is 2.35. The number of hydrogen-bond donors (Lipinski definition) is 4. The van der Waals surface area contributed by atoms with Crippen molar-refractivity contribution in [2.24, 2.45) is 10.7 Å². The van der Waals surface area contributed by atoms with Crippen LogP contribution in [0.25, 0.3) is 11.3 Å².